The molecule has 0 amide bonds. The molecule has 34 heavy (non-hydrogen) atoms. The highest BCUT2D eigenvalue weighted by atomic mass is 32.2. The molecule has 1 aliphatic rings. The second-order valence-corrected chi connectivity index (χ2v) is 9.77. The largest absolute Gasteiger partial charge is 0.477 e. The number of hydrogen-bond acceptors (Lipinski definition) is 9. The van der Waals surface area contributed by atoms with Crippen LogP contribution in [0.2, 0.25) is 0 Å². The molecule has 184 valence electrons. The van der Waals surface area contributed by atoms with E-state index < -0.39 is 22.2 Å². The van der Waals surface area contributed by atoms with Gasteiger partial charge in [-0.25, -0.2) is 23.1 Å². The minimum absolute atomic E-state index is 0.00121. The van der Waals surface area contributed by atoms with Gasteiger partial charge in [0, 0.05) is 32.7 Å². The Kier molecular flexibility index (Phi) is 6.98. The van der Waals surface area contributed by atoms with E-state index in [2.05, 4.69) is 25.0 Å². The van der Waals surface area contributed by atoms with Gasteiger partial charge in [0.1, 0.15) is 21.8 Å². The van der Waals surface area contributed by atoms with Crippen molar-refractivity contribution in [3.63, 3.8) is 0 Å². The Bertz CT molecular complexity index is 1340. The van der Waals surface area contributed by atoms with E-state index >= 15 is 0 Å². The maximum Gasteiger partial charge on any atom is 0.262 e. The lowest BCUT2D eigenvalue weighted by molar-refractivity contribution is 0.196. The predicted molar refractivity (Wildman–Crippen MR) is 125 cm³/mol. The fraction of sp³-hybridized carbons (Fsp3) is 0.524. The number of sulfonamides is 1. The number of fused-ring (bicyclic) bond motifs is 1. The molecule has 1 aliphatic heterocycles. The smallest absolute Gasteiger partial charge is 0.262 e. The van der Waals surface area contributed by atoms with Crippen molar-refractivity contribution in [2.45, 2.75) is 38.8 Å². The van der Waals surface area contributed by atoms with Gasteiger partial charge in [-0.3, -0.25) is 4.79 Å². The zero-order valence-electron chi connectivity index (χ0n) is 19.5. The fourth-order valence-electron chi connectivity index (χ4n) is 4.04. The number of likely N-dealkylation sites (N-methyl/N-ethyl adjacent to an activating group) is 1. The number of aliphatic hydroxyl groups excluding tert-OH is 1. The van der Waals surface area contributed by atoms with Crippen LogP contribution in [0.15, 0.2) is 22.0 Å². The van der Waals surface area contributed by atoms with Gasteiger partial charge in [-0.2, -0.15) is 9.40 Å². The number of H-pyrrole nitrogens is 1. The molecule has 0 atom stereocenters. The van der Waals surface area contributed by atoms with E-state index in [0.29, 0.717) is 39.3 Å². The third kappa shape index (κ3) is 4.31. The first-order valence-corrected chi connectivity index (χ1v) is 12.7. The number of pyridine rings is 1. The van der Waals surface area contributed by atoms with E-state index in [0.717, 1.165) is 6.54 Å². The topological polar surface area (TPSA) is 147 Å². The Morgan fingerprint density at radius 2 is 1.88 bits per heavy atom. The molecule has 0 unspecified atom stereocenters. The number of nitrogens with one attached hydrogen (secondary N) is 1. The van der Waals surface area contributed by atoms with Crippen LogP contribution in [-0.4, -0.2) is 86.8 Å². The summed E-state index contributed by atoms with van der Waals surface area (Å²) in [5, 5.41) is 14.0. The van der Waals surface area contributed by atoms with Crippen molar-refractivity contribution < 1.29 is 18.3 Å². The molecule has 4 heterocycles. The molecule has 0 aliphatic carbocycles. The van der Waals surface area contributed by atoms with Gasteiger partial charge in [0.2, 0.25) is 15.9 Å². The average molecular weight is 492 g/mol. The van der Waals surface area contributed by atoms with Crippen molar-refractivity contribution in [2.24, 2.45) is 0 Å². The minimum Gasteiger partial charge on any atom is -0.477 e. The van der Waals surface area contributed by atoms with Crippen molar-refractivity contribution in [1.82, 2.24) is 33.9 Å². The third-order valence-electron chi connectivity index (χ3n) is 5.90. The van der Waals surface area contributed by atoms with Gasteiger partial charge in [-0.15, -0.1) is 0 Å². The Morgan fingerprint density at radius 1 is 1.15 bits per heavy atom. The minimum atomic E-state index is -3.80. The number of rotatable bonds is 8. The first kappa shape index (κ1) is 24.3. The first-order valence-electron chi connectivity index (χ1n) is 11.3. The number of aromatic nitrogens is 5. The molecule has 1 fully saturated rings. The fourth-order valence-corrected chi connectivity index (χ4v) is 5.44. The summed E-state index contributed by atoms with van der Waals surface area (Å²) in [5.74, 6) is 0.269. The van der Waals surface area contributed by atoms with Gasteiger partial charge in [-0.1, -0.05) is 6.92 Å². The highest BCUT2D eigenvalue weighted by Gasteiger charge is 2.30. The zero-order chi connectivity index (χ0) is 24.5. The lowest BCUT2D eigenvalue weighted by atomic mass is 10.2. The molecular weight excluding hydrogens is 462 g/mol. The molecule has 1 saturated heterocycles. The van der Waals surface area contributed by atoms with Crippen LogP contribution >= 0.6 is 0 Å². The van der Waals surface area contributed by atoms with Crippen LogP contribution in [0.4, 0.5) is 0 Å². The van der Waals surface area contributed by atoms with Crippen LogP contribution in [0.5, 0.6) is 5.88 Å². The molecule has 0 radical (unpaired) electrons. The Balaban J connectivity index is 1.82. The van der Waals surface area contributed by atoms with Gasteiger partial charge in [0.15, 0.2) is 5.65 Å². The summed E-state index contributed by atoms with van der Waals surface area (Å²) in [6.07, 6.45) is 1.27. The van der Waals surface area contributed by atoms with Gasteiger partial charge in [-0.05, 0) is 26.5 Å². The molecule has 13 heteroatoms. The van der Waals surface area contributed by atoms with E-state index in [1.54, 1.807) is 6.92 Å². The average Bonchev–Trinajstić information content (AvgIpc) is 3.22. The normalized spacial score (nSPS) is 15.8. The first-order chi connectivity index (χ1) is 16.3. The van der Waals surface area contributed by atoms with Crippen LogP contribution in [0.3, 0.4) is 0 Å². The summed E-state index contributed by atoms with van der Waals surface area (Å²) in [6, 6.07) is 1.43. The molecule has 0 bridgehead atoms. The second kappa shape index (κ2) is 9.78. The van der Waals surface area contributed by atoms with Crippen LogP contribution in [-0.2, 0) is 23.2 Å². The number of piperazine rings is 1. The molecule has 3 aromatic heterocycles. The molecule has 12 nitrogen and oxygen atoms in total. The van der Waals surface area contributed by atoms with Crippen molar-refractivity contribution in [3.8, 4) is 17.3 Å². The van der Waals surface area contributed by atoms with Gasteiger partial charge >= 0.3 is 0 Å². The summed E-state index contributed by atoms with van der Waals surface area (Å²) < 4.78 is 35.3. The number of hydrogen-bond donors (Lipinski definition) is 2. The number of nitrogens with zero attached hydrogens (tertiary/aromatic N) is 6. The monoisotopic (exact) mass is 491 g/mol. The van der Waals surface area contributed by atoms with Crippen LogP contribution in [0.25, 0.3) is 22.4 Å². The van der Waals surface area contributed by atoms with Crippen molar-refractivity contribution in [3.05, 3.63) is 28.3 Å². The standard InChI is InChI=1S/C21H29N7O5S/c1-4-26-7-9-27(10-8-26)34(31,32)14-11-15(21(22-12-14)33-6-3)18-23-19-17(20(30)24-18)16(13-29)25-28(19)5-2/h11-12,29H,4-10,13H2,1-3H3,(H,23,24,30). The van der Waals surface area contributed by atoms with E-state index in [9.17, 15) is 18.3 Å². The molecule has 2 N–H and O–H groups in total. The van der Waals surface area contributed by atoms with Crippen molar-refractivity contribution >= 4 is 21.1 Å². The maximum absolute atomic E-state index is 13.3. The lowest BCUT2D eigenvalue weighted by Gasteiger charge is -2.33. The summed E-state index contributed by atoms with van der Waals surface area (Å²) in [7, 11) is -3.80. The van der Waals surface area contributed by atoms with E-state index in [1.807, 2.05) is 13.8 Å². The quantitative estimate of drug-likeness (QED) is 0.457. The maximum atomic E-state index is 13.3. The Morgan fingerprint density at radius 3 is 2.50 bits per heavy atom. The Hall–Kier alpha value is -2.87. The van der Waals surface area contributed by atoms with Crippen LogP contribution in [0.1, 0.15) is 26.5 Å². The van der Waals surface area contributed by atoms with Gasteiger partial charge < -0.3 is 19.7 Å². The SMILES string of the molecule is CCOc1ncc(S(=O)(=O)N2CCN(CC)CC2)cc1-c1nc2c(c(CO)nn2CC)c(=O)[nH]1. The van der Waals surface area contributed by atoms with Gasteiger partial charge in [0.05, 0.1) is 25.0 Å². The molecule has 0 spiro atoms. The molecule has 0 aromatic carbocycles. The summed E-state index contributed by atoms with van der Waals surface area (Å²) in [6.45, 7) is 8.95. The Labute approximate surface area is 197 Å². The highest BCUT2D eigenvalue weighted by molar-refractivity contribution is 7.89. The van der Waals surface area contributed by atoms with E-state index in [4.69, 9.17) is 4.74 Å². The molecular formula is C21H29N7O5S. The van der Waals surface area contributed by atoms with Crippen molar-refractivity contribution in [2.75, 3.05) is 39.3 Å². The summed E-state index contributed by atoms with van der Waals surface area (Å²) in [5.41, 5.74) is 0.276. The van der Waals surface area contributed by atoms with Crippen LogP contribution < -0.4 is 10.3 Å². The second-order valence-electron chi connectivity index (χ2n) is 7.83. The predicted octanol–water partition coefficient (Wildman–Crippen LogP) is 0.419. The van der Waals surface area contributed by atoms with E-state index in [-0.39, 0.29) is 38.9 Å². The number of aliphatic hydroxyl groups is 1. The van der Waals surface area contributed by atoms with Crippen molar-refractivity contribution in [1.29, 1.82) is 0 Å². The number of aryl methyl sites for hydroxylation is 1. The highest BCUT2D eigenvalue weighted by Crippen LogP contribution is 2.30. The van der Waals surface area contributed by atoms with Crippen LogP contribution in [0, 0.1) is 0 Å². The summed E-state index contributed by atoms with van der Waals surface area (Å²) in [4.78, 5) is 26.6. The molecule has 3 aromatic rings. The zero-order valence-corrected chi connectivity index (χ0v) is 20.3. The molecule has 0 saturated carbocycles. The lowest BCUT2D eigenvalue weighted by Crippen LogP contribution is -2.48. The van der Waals surface area contributed by atoms with Gasteiger partial charge in [0.25, 0.3) is 5.56 Å². The third-order valence-corrected chi connectivity index (χ3v) is 7.77. The number of ether oxygens (including phenoxy) is 1. The summed E-state index contributed by atoms with van der Waals surface area (Å²) >= 11 is 0. The number of aromatic amines is 1. The molecule has 4 rings (SSSR count). The van der Waals surface area contributed by atoms with E-state index in [1.165, 1.54) is 21.3 Å².